The monoisotopic (exact) mass is 740 g/mol. The largest absolute Gasteiger partial charge is 0.480 e. The number of carboxylic acid groups (broad SMARTS) is 1. The van der Waals surface area contributed by atoms with Gasteiger partial charge in [-0.1, -0.05) is 90.6 Å². The number of pyridine rings is 1. The molecule has 10 nitrogen and oxygen atoms in total. The lowest BCUT2D eigenvalue weighted by molar-refractivity contribution is -0.142. The minimum Gasteiger partial charge on any atom is -0.480 e. The molecule has 0 bridgehead atoms. The van der Waals surface area contributed by atoms with Crippen molar-refractivity contribution in [1.29, 1.82) is 0 Å². The van der Waals surface area contributed by atoms with E-state index in [9.17, 15) is 27.9 Å². The maximum absolute atomic E-state index is 13.9. The summed E-state index contributed by atoms with van der Waals surface area (Å²) in [5, 5.41) is 15.8. The van der Waals surface area contributed by atoms with Gasteiger partial charge in [-0.3, -0.25) is 14.6 Å². The fraction of sp³-hybridized carbons (Fsp3) is 0.375. The lowest BCUT2D eigenvalue weighted by Gasteiger charge is -2.27. The van der Waals surface area contributed by atoms with Crippen molar-refractivity contribution in [2.24, 2.45) is 11.8 Å². The molecule has 1 saturated carbocycles. The molecule has 2 fully saturated rings. The standard InChI is InChI=1S/C32H32Cl4N4O6S/c33-21-12-22(34)14-24(13-21)47(45,46)40-17-20(19-4-2-1-3-5-19)11-28(40)30(41)39-27(32(43)44)10-18-6-8-23(9-7-18)38-31(42)29-25(35)15-37-16-26(29)36/h6-9,12-16,19-20,27-28H,1-5,10-11,17H2,(H,38,42)(H,39,41)(H,43,44)/t20-,27+,28?/m1/s1. The number of carbonyl (C=O) groups is 3. The highest BCUT2D eigenvalue weighted by Gasteiger charge is 2.46. The number of nitrogens with zero attached hydrogens (tertiary/aromatic N) is 2. The molecular weight excluding hydrogens is 710 g/mol. The highest BCUT2D eigenvalue weighted by atomic mass is 35.5. The number of hydrogen-bond donors (Lipinski definition) is 3. The van der Waals surface area contributed by atoms with Gasteiger partial charge >= 0.3 is 5.97 Å². The van der Waals surface area contributed by atoms with Gasteiger partial charge in [-0.05, 0) is 54.2 Å². The van der Waals surface area contributed by atoms with E-state index in [-0.39, 0.29) is 61.8 Å². The van der Waals surface area contributed by atoms with Crippen molar-refractivity contribution in [3.63, 3.8) is 0 Å². The Morgan fingerprint density at radius 1 is 0.915 bits per heavy atom. The molecule has 0 radical (unpaired) electrons. The van der Waals surface area contributed by atoms with E-state index in [2.05, 4.69) is 15.6 Å². The van der Waals surface area contributed by atoms with E-state index in [1.54, 1.807) is 24.3 Å². The predicted molar refractivity (Wildman–Crippen MR) is 181 cm³/mol. The van der Waals surface area contributed by atoms with Crippen molar-refractivity contribution in [2.45, 2.75) is 61.9 Å². The van der Waals surface area contributed by atoms with Crippen LogP contribution in [0.15, 0.2) is 59.8 Å². The Morgan fingerprint density at radius 3 is 2.13 bits per heavy atom. The fourth-order valence-corrected chi connectivity index (χ4v) is 9.27. The first-order valence-electron chi connectivity index (χ1n) is 15.0. The fourth-order valence-electron chi connectivity index (χ4n) is 6.35. The zero-order chi connectivity index (χ0) is 33.9. The average Bonchev–Trinajstić information content (AvgIpc) is 3.48. The summed E-state index contributed by atoms with van der Waals surface area (Å²) in [5.41, 5.74) is 1.02. The molecule has 2 aromatic carbocycles. The lowest BCUT2D eigenvalue weighted by atomic mass is 9.79. The van der Waals surface area contributed by atoms with Crippen LogP contribution >= 0.6 is 46.4 Å². The number of aliphatic carboxylic acids is 1. The molecule has 2 heterocycles. The van der Waals surface area contributed by atoms with Crippen LogP contribution in [0.25, 0.3) is 0 Å². The van der Waals surface area contributed by atoms with Gasteiger partial charge in [-0.25, -0.2) is 13.2 Å². The molecule has 3 atom stereocenters. The Morgan fingerprint density at radius 2 is 1.53 bits per heavy atom. The third kappa shape index (κ3) is 8.39. The van der Waals surface area contributed by atoms with Crippen LogP contribution in [-0.4, -0.2) is 59.2 Å². The topological polar surface area (TPSA) is 146 Å². The first-order valence-corrected chi connectivity index (χ1v) is 18.0. The van der Waals surface area contributed by atoms with Crippen LogP contribution in [0.3, 0.4) is 0 Å². The summed E-state index contributed by atoms with van der Waals surface area (Å²) >= 11 is 24.4. The first kappa shape index (κ1) is 35.4. The summed E-state index contributed by atoms with van der Waals surface area (Å²) in [5.74, 6) is -2.31. The molecule has 2 aliphatic rings. The molecule has 250 valence electrons. The van der Waals surface area contributed by atoms with Gasteiger partial charge in [0.2, 0.25) is 15.9 Å². The molecule has 0 spiro atoms. The van der Waals surface area contributed by atoms with Crippen molar-refractivity contribution in [2.75, 3.05) is 11.9 Å². The van der Waals surface area contributed by atoms with Crippen LogP contribution in [-0.2, 0) is 26.0 Å². The van der Waals surface area contributed by atoms with Crippen molar-refractivity contribution in [3.8, 4) is 0 Å². The lowest BCUT2D eigenvalue weighted by Crippen LogP contribution is -2.51. The first-order chi connectivity index (χ1) is 22.3. The van der Waals surface area contributed by atoms with Crippen LogP contribution in [0.5, 0.6) is 0 Å². The van der Waals surface area contributed by atoms with E-state index in [4.69, 9.17) is 46.4 Å². The zero-order valence-electron chi connectivity index (χ0n) is 25.0. The van der Waals surface area contributed by atoms with Gasteiger partial charge in [-0.2, -0.15) is 4.31 Å². The highest BCUT2D eigenvalue weighted by molar-refractivity contribution is 7.89. The smallest absolute Gasteiger partial charge is 0.326 e. The van der Waals surface area contributed by atoms with Gasteiger partial charge in [-0.15, -0.1) is 0 Å². The van der Waals surface area contributed by atoms with Crippen molar-refractivity contribution in [3.05, 3.63) is 86.1 Å². The minimum atomic E-state index is -4.20. The maximum Gasteiger partial charge on any atom is 0.326 e. The Balaban J connectivity index is 1.32. The number of hydrogen-bond acceptors (Lipinski definition) is 6. The number of benzene rings is 2. The van der Waals surface area contributed by atoms with E-state index in [1.807, 2.05) is 0 Å². The number of anilines is 1. The van der Waals surface area contributed by atoms with Gasteiger partial charge < -0.3 is 15.7 Å². The van der Waals surface area contributed by atoms with Gasteiger partial charge in [0.25, 0.3) is 5.91 Å². The van der Waals surface area contributed by atoms with E-state index in [0.717, 1.165) is 32.1 Å². The molecule has 3 N–H and O–H groups in total. The highest BCUT2D eigenvalue weighted by Crippen LogP contribution is 2.40. The van der Waals surface area contributed by atoms with E-state index in [1.165, 1.54) is 34.9 Å². The third-order valence-electron chi connectivity index (χ3n) is 8.70. The third-order valence-corrected chi connectivity index (χ3v) is 11.6. The van der Waals surface area contributed by atoms with Crippen LogP contribution < -0.4 is 10.6 Å². The summed E-state index contributed by atoms with van der Waals surface area (Å²) in [4.78, 5) is 42.5. The number of sulfonamides is 1. The molecule has 2 amide bonds. The number of carbonyl (C=O) groups excluding carboxylic acids is 2. The summed E-state index contributed by atoms with van der Waals surface area (Å²) in [6.07, 6.45) is 7.90. The number of rotatable bonds is 10. The number of carboxylic acids is 1. The molecular formula is C32H32Cl4N4O6S. The number of aromatic nitrogens is 1. The molecule has 1 aliphatic heterocycles. The molecule has 15 heteroatoms. The van der Waals surface area contributed by atoms with Crippen LogP contribution in [0.2, 0.25) is 20.1 Å². The van der Waals surface area contributed by atoms with Crippen LogP contribution in [0.4, 0.5) is 5.69 Å². The summed E-state index contributed by atoms with van der Waals surface area (Å²) in [6, 6.07) is 7.91. The maximum atomic E-state index is 13.9. The van der Waals surface area contributed by atoms with E-state index < -0.39 is 39.9 Å². The summed E-state index contributed by atoms with van der Waals surface area (Å²) < 4.78 is 29.0. The number of halogens is 4. The van der Waals surface area contributed by atoms with Gasteiger partial charge in [0.1, 0.15) is 12.1 Å². The predicted octanol–water partition coefficient (Wildman–Crippen LogP) is 6.72. The van der Waals surface area contributed by atoms with Crippen molar-refractivity contribution < 1.29 is 27.9 Å². The second kappa shape index (κ2) is 15.1. The van der Waals surface area contributed by atoms with Crippen LogP contribution in [0.1, 0.15) is 54.4 Å². The number of amides is 2. The zero-order valence-corrected chi connectivity index (χ0v) is 28.8. The molecule has 5 rings (SSSR count). The average molecular weight is 743 g/mol. The second-order valence-electron chi connectivity index (χ2n) is 11.8. The SMILES string of the molecule is O=C(Nc1ccc(C[C@H](NC(=O)C2C[C@@H](C3CCCCC3)CN2S(=O)(=O)c2cc(Cl)cc(Cl)c2)C(=O)O)cc1)c1c(Cl)cncc1Cl. The summed E-state index contributed by atoms with van der Waals surface area (Å²) in [6.45, 7) is 0.135. The molecule has 3 aromatic rings. The molecule has 1 aliphatic carbocycles. The van der Waals surface area contributed by atoms with E-state index in [0.29, 0.717) is 11.3 Å². The minimum absolute atomic E-state index is 0.0570. The Bertz CT molecular complexity index is 1730. The molecule has 1 aromatic heterocycles. The Kier molecular flexibility index (Phi) is 11.4. The second-order valence-corrected chi connectivity index (χ2v) is 15.4. The molecule has 1 unspecified atom stereocenters. The van der Waals surface area contributed by atoms with Gasteiger partial charge in [0, 0.05) is 41.1 Å². The normalized spacial score (nSPS) is 19.7. The van der Waals surface area contributed by atoms with Crippen molar-refractivity contribution in [1.82, 2.24) is 14.6 Å². The Hall–Kier alpha value is -2.93. The van der Waals surface area contributed by atoms with Gasteiger partial charge in [0.05, 0.1) is 20.5 Å². The number of nitrogens with one attached hydrogen (secondary N) is 2. The van der Waals surface area contributed by atoms with Gasteiger partial charge in [0.15, 0.2) is 0 Å². The molecule has 47 heavy (non-hydrogen) atoms. The quantitative estimate of drug-likeness (QED) is 0.209. The van der Waals surface area contributed by atoms with Crippen LogP contribution in [0, 0.1) is 11.8 Å². The Labute approximate surface area is 292 Å². The van der Waals surface area contributed by atoms with E-state index >= 15 is 0 Å². The summed E-state index contributed by atoms with van der Waals surface area (Å²) in [7, 11) is -4.20. The molecule has 1 saturated heterocycles. The van der Waals surface area contributed by atoms with Crippen molar-refractivity contribution >= 4 is 79.9 Å².